The lowest BCUT2D eigenvalue weighted by Gasteiger charge is -2.16. The average molecular weight is 397 g/mol. The molecule has 0 aliphatic heterocycles. The summed E-state index contributed by atoms with van der Waals surface area (Å²) in [4.78, 5) is 29.5. The smallest absolute Gasteiger partial charge is 0.296 e. The second-order valence-electron chi connectivity index (χ2n) is 6.44. The summed E-state index contributed by atoms with van der Waals surface area (Å²) in [5, 5.41) is 12.9. The van der Waals surface area contributed by atoms with E-state index in [2.05, 4.69) is 10.3 Å². The zero-order valence-electron chi connectivity index (χ0n) is 16.1. The van der Waals surface area contributed by atoms with Crippen molar-refractivity contribution in [3.8, 4) is 22.9 Å². The number of halogens is 1. The molecule has 150 valence electrons. The number of aromatic nitrogens is 2. The van der Waals surface area contributed by atoms with Gasteiger partial charge in [-0.1, -0.05) is 24.3 Å². The molecule has 0 radical (unpaired) electrons. The molecule has 1 aromatic heterocycles. The van der Waals surface area contributed by atoms with Crippen molar-refractivity contribution in [3.63, 3.8) is 0 Å². The number of nitrogens with one attached hydrogen (secondary N) is 1. The maximum Gasteiger partial charge on any atom is 0.296 e. The number of amides is 1. The Morgan fingerprint density at radius 3 is 2.52 bits per heavy atom. The maximum atomic E-state index is 13.1. The Morgan fingerprint density at radius 1 is 1.21 bits per heavy atom. The number of nitrogens with zero attached hydrogens (tertiary/aromatic N) is 2. The van der Waals surface area contributed by atoms with Crippen LogP contribution in [0.3, 0.4) is 0 Å². The van der Waals surface area contributed by atoms with Crippen LogP contribution in [0.15, 0.2) is 53.3 Å². The van der Waals surface area contributed by atoms with E-state index in [0.717, 1.165) is 4.57 Å². The van der Waals surface area contributed by atoms with Gasteiger partial charge in [-0.05, 0) is 36.8 Å². The van der Waals surface area contributed by atoms with E-state index in [1.807, 2.05) is 0 Å². The summed E-state index contributed by atoms with van der Waals surface area (Å²) in [6.45, 7) is 1.70. The summed E-state index contributed by atoms with van der Waals surface area (Å²) in [7, 11) is 2.93. The van der Waals surface area contributed by atoms with E-state index in [1.54, 1.807) is 31.2 Å². The van der Waals surface area contributed by atoms with Crippen LogP contribution in [0.25, 0.3) is 11.4 Å². The first-order valence-electron chi connectivity index (χ1n) is 8.83. The molecule has 0 spiro atoms. The predicted octanol–water partition coefficient (Wildman–Crippen LogP) is 2.79. The lowest BCUT2D eigenvalue weighted by atomic mass is 10.1. The molecule has 0 aliphatic rings. The summed E-state index contributed by atoms with van der Waals surface area (Å²) in [5.41, 5.74) is -0.00767. The minimum absolute atomic E-state index is 0.171. The highest BCUT2D eigenvalue weighted by molar-refractivity contribution is 5.95. The first kappa shape index (κ1) is 20.1. The molecule has 1 atom stereocenters. The summed E-state index contributed by atoms with van der Waals surface area (Å²) >= 11 is 0. The number of ether oxygens (including phenoxy) is 1. The molecule has 0 saturated heterocycles. The zero-order chi connectivity index (χ0) is 21.1. The monoisotopic (exact) mass is 397 g/mol. The van der Waals surface area contributed by atoms with Crippen LogP contribution in [-0.2, 0) is 7.05 Å². The van der Waals surface area contributed by atoms with Gasteiger partial charge in [0.15, 0.2) is 5.69 Å². The van der Waals surface area contributed by atoms with Crippen molar-refractivity contribution in [2.24, 2.45) is 7.05 Å². The normalized spacial score (nSPS) is 11.7. The molecule has 1 heterocycles. The van der Waals surface area contributed by atoms with E-state index in [9.17, 15) is 19.1 Å². The van der Waals surface area contributed by atoms with Gasteiger partial charge >= 0.3 is 0 Å². The Balaban J connectivity index is 2.01. The van der Waals surface area contributed by atoms with E-state index in [1.165, 1.54) is 38.4 Å². The van der Waals surface area contributed by atoms with Crippen molar-refractivity contribution in [2.75, 3.05) is 7.11 Å². The van der Waals surface area contributed by atoms with E-state index in [-0.39, 0.29) is 11.6 Å². The van der Waals surface area contributed by atoms with E-state index >= 15 is 0 Å². The highest BCUT2D eigenvalue weighted by Gasteiger charge is 2.23. The molecule has 7 nitrogen and oxygen atoms in total. The van der Waals surface area contributed by atoms with Gasteiger partial charge in [0.1, 0.15) is 17.4 Å². The number of aromatic hydroxyl groups is 1. The molecule has 29 heavy (non-hydrogen) atoms. The van der Waals surface area contributed by atoms with Crippen LogP contribution in [0.1, 0.15) is 29.0 Å². The largest absolute Gasteiger partial charge is 0.501 e. The molecule has 0 bridgehead atoms. The Bertz CT molecular complexity index is 1110. The Kier molecular flexibility index (Phi) is 5.63. The molecule has 0 fully saturated rings. The lowest BCUT2D eigenvalue weighted by molar-refractivity contribution is 0.0931. The van der Waals surface area contributed by atoms with Gasteiger partial charge in [0, 0.05) is 7.05 Å². The standard InChI is InChI=1S/C21H20FN3O4/c1-12(13-8-10-14(22)11-9-13)23-20(27)17-18(26)21(28)25(2)19(24-17)15-6-4-5-7-16(15)29-3/h4-12,26H,1-3H3,(H,23,27)/t12-/m1/s1. The fourth-order valence-electron chi connectivity index (χ4n) is 2.92. The molecular formula is C21H20FN3O4. The first-order valence-corrected chi connectivity index (χ1v) is 8.83. The molecule has 0 unspecified atom stereocenters. The zero-order valence-corrected chi connectivity index (χ0v) is 16.1. The molecule has 0 aliphatic carbocycles. The van der Waals surface area contributed by atoms with Crippen molar-refractivity contribution in [2.45, 2.75) is 13.0 Å². The summed E-state index contributed by atoms with van der Waals surface area (Å²) in [5.74, 6) is -1.24. The number of hydrogen-bond donors (Lipinski definition) is 2. The van der Waals surface area contributed by atoms with Crippen molar-refractivity contribution in [3.05, 3.63) is 76.0 Å². The third kappa shape index (κ3) is 3.96. The van der Waals surface area contributed by atoms with Crippen molar-refractivity contribution < 1.29 is 19.0 Å². The number of carbonyl (C=O) groups is 1. The number of carbonyl (C=O) groups excluding carboxylic acids is 1. The molecule has 2 N–H and O–H groups in total. The highest BCUT2D eigenvalue weighted by Crippen LogP contribution is 2.28. The van der Waals surface area contributed by atoms with E-state index < -0.39 is 29.0 Å². The Morgan fingerprint density at radius 2 is 1.86 bits per heavy atom. The van der Waals surface area contributed by atoms with Crippen LogP contribution in [0, 0.1) is 5.82 Å². The molecule has 0 saturated carbocycles. The third-order valence-electron chi connectivity index (χ3n) is 4.55. The third-order valence-corrected chi connectivity index (χ3v) is 4.55. The lowest BCUT2D eigenvalue weighted by Crippen LogP contribution is -2.31. The quantitative estimate of drug-likeness (QED) is 0.691. The second-order valence-corrected chi connectivity index (χ2v) is 6.44. The Hall–Kier alpha value is -3.68. The van der Waals surface area contributed by atoms with Gasteiger partial charge in [-0.3, -0.25) is 14.2 Å². The minimum atomic E-state index is -0.763. The van der Waals surface area contributed by atoms with Crippen LogP contribution >= 0.6 is 0 Å². The topological polar surface area (TPSA) is 93.5 Å². The van der Waals surface area contributed by atoms with Gasteiger partial charge in [-0.2, -0.15) is 0 Å². The highest BCUT2D eigenvalue weighted by atomic mass is 19.1. The van der Waals surface area contributed by atoms with Crippen LogP contribution in [0.5, 0.6) is 11.5 Å². The van der Waals surface area contributed by atoms with Crippen LogP contribution in [0.2, 0.25) is 0 Å². The molecule has 2 aromatic carbocycles. The van der Waals surface area contributed by atoms with Gasteiger partial charge in [-0.25, -0.2) is 9.37 Å². The first-order chi connectivity index (χ1) is 13.8. The molecule has 3 rings (SSSR count). The summed E-state index contributed by atoms with van der Waals surface area (Å²) < 4.78 is 19.6. The number of para-hydroxylation sites is 1. The average Bonchev–Trinajstić information content (AvgIpc) is 2.72. The van der Waals surface area contributed by atoms with Crippen LogP contribution in [-0.4, -0.2) is 27.7 Å². The number of methoxy groups -OCH3 is 1. The Labute approximate surface area is 166 Å². The number of hydrogen-bond acceptors (Lipinski definition) is 5. The van der Waals surface area contributed by atoms with Crippen molar-refractivity contribution in [1.29, 1.82) is 0 Å². The molecule has 8 heteroatoms. The van der Waals surface area contributed by atoms with Gasteiger partial charge in [0.05, 0.1) is 18.7 Å². The minimum Gasteiger partial charge on any atom is -0.501 e. The van der Waals surface area contributed by atoms with Gasteiger partial charge in [0.2, 0.25) is 5.75 Å². The van der Waals surface area contributed by atoms with Crippen LogP contribution < -0.4 is 15.6 Å². The second kappa shape index (κ2) is 8.14. The number of benzene rings is 2. The van der Waals surface area contributed by atoms with E-state index in [4.69, 9.17) is 4.74 Å². The van der Waals surface area contributed by atoms with Gasteiger partial charge in [-0.15, -0.1) is 0 Å². The predicted molar refractivity (Wildman–Crippen MR) is 105 cm³/mol. The van der Waals surface area contributed by atoms with Crippen LogP contribution in [0.4, 0.5) is 4.39 Å². The van der Waals surface area contributed by atoms with E-state index in [0.29, 0.717) is 16.9 Å². The molecular weight excluding hydrogens is 377 g/mol. The number of rotatable bonds is 5. The molecule has 1 amide bonds. The maximum absolute atomic E-state index is 13.1. The summed E-state index contributed by atoms with van der Waals surface area (Å²) in [6, 6.07) is 12.0. The van der Waals surface area contributed by atoms with Gasteiger partial charge in [0.25, 0.3) is 11.5 Å². The van der Waals surface area contributed by atoms with Crippen molar-refractivity contribution in [1.82, 2.24) is 14.9 Å². The van der Waals surface area contributed by atoms with Gasteiger partial charge < -0.3 is 15.2 Å². The fourth-order valence-corrected chi connectivity index (χ4v) is 2.92. The molecule has 3 aromatic rings. The fraction of sp³-hybridized carbons (Fsp3) is 0.190. The van der Waals surface area contributed by atoms with Crippen molar-refractivity contribution >= 4 is 5.91 Å². The SMILES string of the molecule is COc1ccccc1-c1nc(C(=O)N[C@H](C)c2ccc(F)cc2)c(O)c(=O)n1C. The summed E-state index contributed by atoms with van der Waals surface area (Å²) in [6.07, 6.45) is 0.